The van der Waals surface area contributed by atoms with Crippen molar-refractivity contribution >= 4 is 23.0 Å². The Balaban J connectivity index is 2.04. The van der Waals surface area contributed by atoms with Gasteiger partial charge in [-0.1, -0.05) is 41.4 Å². The van der Waals surface area contributed by atoms with Gasteiger partial charge in [-0.15, -0.1) is 0 Å². The predicted octanol–water partition coefficient (Wildman–Crippen LogP) is 3.53. The summed E-state index contributed by atoms with van der Waals surface area (Å²) >= 11 is 5.91. The molecule has 3 aromatic rings. The topological polar surface area (TPSA) is 34.4 Å². The van der Waals surface area contributed by atoms with Gasteiger partial charge in [-0.2, -0.15) is 0 Å². The van der Waals surface area contributed by atoms with Gasteiger partial charge in [-0.05, 0) is 19.1 Å². The van der Waals surface area contributed by atoms with Crippen LogP contribution < -0.4 is 0 Å². The molecule has 0 radical (unpaired) electrons. The molecule has 0 aliphatic carbocycles. The third-order valence-corrected chi connectivity index (χ3v) is 3.18. The van der Waals surface area contributed by atoms with E-state index in [1.54, 1.807) is 28.9 Å². The van der Waals surface area contributed by atoms with Crippen molar-refractivity contribution in [2.24, 2.45) is 0 Å². The van der Waals surface area contributed by atoms with E-state index >= 15 is 0 Å². The first-order valence-corrected chi connectivity index (χ1v) is 6.27. The molecule has 0 amide bonds. The number of halogens is 1. The van der Waals surface area contributed by atoms with E-state index in [9.17, 15) is 4.79 Å². The van der Waals surface area contributed by atoms with Gasteiger partial charge in [0.25, 0.3) is 0 Å². The van der Waals surface area contributed by atoms with Crippen LogP contribution in [0.15, 0.2) is 48.8 Å². The molecule has 0 saturated heterocycles. The second-order valence-corrected chi connectivity index (χ2v) is 4.87. The van der Waals surface area contributed by atoms with Crippen molar-refractivity contribution in [1.82, 2.24) is 9.38 Å². The molecule has 0 bridgehead atoms. The molecular weight excluding hydrogens is 260 g/mol. The maximum Gasteiger partial charge on any atom is 0.212 e. The smallest absolute Gasteiger partial charge is 0.212 e. The monoisotopic (exact) mass is 270 g/mol. The van der Waals surface area contributed by atoms with Gasteiger partial charge < -0.3 is 4.40 Å². The number of carbonyl (C=O) groups is 1. The summed E-state index contributed by atoms with van der Waals surface area (Å²) in [5, 5.41) is 0.610. The molecule has 3 nitrogen and oxygen atoms in total. The van der Waals surface area contributed by atoms with Crippen LogP contribution in [0.25, 0.3) is 5.65 Å². The molecule has 3 rings (SSSR count). The van der Waals surface area contributed by atoms with E-state index in [1.807, 2.05) is 31.2 Å². The lowest BCUT2D eigenvalue weighted by molar-refractivity contribution is 0.103. The van der Waals surface area contributed by atoms with Gasteiger partial charge in [0.05, 0.1) is 5.02 Å². The molecule has 0 aliphatic rings. The maximum absolute atomic E-state index is 12.3. The highest BCUT2D eigenvalue weighted by molar-refractivity contribution is 6.30. The van der Waals surface area contributed by atoms with Crippen LogP contribution in [0.2, 0.25) is 5.02 Å². The zero-order chi connectivity index (χ0) is 13.4. The number of carbonyl (C=O) groups excluding carboxylic acids is 1. The van der Waals surface area contributed by atoms with Crippen LogP contribution in [0.1, 0.15) is 21.6 Å². The van der Waals surface area contributed by atoms with E-state index in [1.165, 1.54) is 0 Å². The van der Waals surface area contributed by atoms with E-state index in [-0.39, 0.29) is 5.78 Å². The fraction of sp³-hybridized carbons (Fsp3) is 0.0667. The van der Waals surface area contributed by atoms with E-state index in [2.05, 4.69) is 4.98 Å². The summed E-state index contributed by atoms with van der Waals surface area (Å²) in [4.78, 5) is 16.6. The third kappa shape index (κ3) is 2.25. The van der Waals surface area contributed by atoms with E-state index < -0.39 is 0 Å². The molecule has 0 atom stereocenters. The molecule has 0 spiro atoms. The second kappa shape index (κ2) is 4.52. The molecule has 19 heavy (non-hydrogen) atoms. The Kier molecular flexibility index (Phi) is 2.84. The summed E-state index contributed by atoms with van der Waals surface area (Å²) in [6, 6.07) is 11.0. The molecular formula is C15H11ClN2O. The number of ketones is 1. The maximum atomic E-state index is 12.3. The standard InChI is InChI=1S/C15H11ClN2O/c1-10-2-4-11(5-3-10)15(19)13-9-18-8-12(16)6-7-14(18)17-13/h2-9H,1H3. The van der Waals surface area contributed by atoms with Crippen molar-refractivity contribution in [1.29, 1.82) is 0 Å². The minimum atomic E-state index is -0.0835. The lowest BCUT2D eigenvalue weighted by Gasteiger charge is -1.97. The van der Waals surface area contributed by atoms with E-state index in [0.29, 0.717) is 21.9 Å². The second-order valence-electron chi connectivity index (χ2n) is 4.43. The fourth-order valence-corrected chi connectivity index (χ4v) is 2.10. The minimum Gasteiger partial charge on any atom is -0.305 e. The number of imidazole rings is 1. The van der Waals surface area contributed by atoms with Crippen molar-refractivity contribution in [3.63, 3.8) is 0 Å². The summed E-state index contributed by atoms with van der Waals surface area (Å²) in [6.07, 6.45) is 3.43. The highest BCUT2D eigenvalue weighted by Crippen LogP contribution is 2.14. The average Bonchev–Trinajstić information content (AvgIpc) is 2.81. The van der Waals surface area contributed by atoms with Crippen LogP contribution in [-0.4, -0.2) is 15.2 Å². The van der Waals surface area contributed by atoms with Gasteiger partial charge in [0.2, 0.25) is 5.78 Å². The average molecular weight is 271 g/mol. The molecule has 0 unspecified atom stereocenters. The van der Waals surface area contributed by atoms with Gasteiger partial charge in [0, 0.05) is 18.0 Å². The van der Waals surface area contributed by atoms with Crippen LogP contribution in [0.4, 0.5) is 0 Å². The largest absolute Gasteiger partial charge is 0.305 e. The molecule has 4 heteroatoms. The van der Waals surface area contributed by atoms with Crippen LogP contribution in [0, 0.1) is 6.92 Å². The molecule has 0 saturated carbocycles. The van der Waals surface area contributed by atoms with Crippen LogP contribution in [0.5, 0.6) is 0 Å². The van der Waals surface area contributed by atoms with Crippen molar-refractivity contribution in [3.8, 4) is 0 Å². The Morgan fingerprint density at radius 3 is 2.58 bits per heavy atom. The Morgan fingerprint density at radius 2 is 1.84 bits per heavy atom. The number of rotatable bonds is 2. The zero-order valence-corrected chi connectivity index (χ0v) is 11.1. The van der Waals surface area contributed by atoms with Crippen molar-refractivity contribution in [2.75, 3.05) is 0 Å². The first kappa shape index (κ1) is 11.9. The van der Waals surface area contributed by atoms with E-state index in [4.69, 9.17) is 11.6 Å². The Bertz CT molecular complexity index is 759. The lowest BCUT2D eigenvalue weighted by atomic mass is 10.1. The normalized spacial score (nSPS) is 10.8. The molecule has 2 heterocycles. The Hall–Kier alpha value is -2.13. The highest BCUT2D eigenvalue weighted by Gasteiger charge is 2.13. The number of benzene rings is 1. The summed E-state index contributed by atoms with van der Waals surface area (Å²) < 4.78 is 1.75. The number of hydrogen-bond acceptors (Lipinski definition) is 2. The first-order valence-electron chi connectivity index (χ1n) is 5.89. The number of pyridine rings is 1. The fourth-order valence-electron chi connectivity index (χ4n) is 1.93. The van der Waals surface area contributed by atoms with Crippen molar-refractivity contribution in [2.45, 2.75) is 6.92 Å². The van der Waals surface area contributed by atoms with E-state index in [0.717, 1.165) is 5.56 Å². The summed E-state index contributed by atoms with van der Waals surface area (Å²) in [6.45, 7) is 1.99. The van der Waals surface area contributed by atoms with Crippen molar-refractivity contribution < 1.29 is 4.79 Å². The first-order chi connectivity index (χ1) is 9.13. The number of aryl methyl sites for hydroxylation is 1. The van der Waals surface area contributed by atoms with Gasteiger partial charge >= 0.3 is 0 Å². The van der Waals surface area contributed by atoms with Crippen LogP contribution >= 0.6 is 11.6 Å². The molecule has 2 aromatic heterocycles. The Labute approximate surface area is 115 Å². The number of nitrogens with zero attached hydrogens (tertiary/aromatic N) is 2. The zero-order valence-electron chi connectivity index (χ0n) is 10.3. The third-order valence-electron chi connectivity index (χ3n) is 2.96. The number of fused-ring (bicyclic) bond motifs is 1. The molecule has 94 valence electrons. The molecule has 0 fully saturated rings. The molecule has 1 aromatic carbocycles. The summed E-state index contributed by atoms with van der Waals surface area (Å²) in [5.41, 5.74) is 2.89. The van der Waals surface area contributed by atoms with Crippen LogP contribution in [-0.2, 0) is 0 Å². The number of hydrogen-bond donors (Lipinski definition) is 0. The van der Waals surface area contributed by atoms with Gasteiger partial charge in [0.1, 0.15) is 11.3 Å². The molecule has 0 N–H and O–H groups in total. The quantitative estimate of drug-likeness (QED) is 0.668. The van der Waals surface area contributed by atoms with Crippen LogP contribution in [0.3, 0.4) is 0 Å². The highest BCUT2D eigenvalue weighted by atomic mass is 35.5. The SMILES string of the molecule is Cc1ccc(C(=O)c2cn3cc(Cl)ccc3n2)cc1. The summed E-state index contributed by atoms with van der Waals surface area (Å²) in [5.74, 6) is -0.0835. The number of aromatic nitrogens is 2. The van der Waals surface area contributed by atoms with Crippen molar-refractivity contribution in [3.05, 3.63) is 70.6 Å². The Morgan fingerprint density at radius 1 is 1.11 bits per heavy atom. The van der Waals surface area contributed by atoms with Gasteiger partial charge in [0.15, 0.2) is 0 Å². The predicted molar refractivity (Wildman–Crippen MR) is 74.8 cm³/mol. The summed E-state index contributed by atoms with van der Waals surface area (Å²) in [7, 11) is 0. The molecule has 0 aliphatic heterocycles. The van der Waals surface area contributed by atoms with Gasteiger partial charge in [-0.25, -0.2) is 4.98 Å². The minimum absolute atomic E-state index is 0.0835. The van der Waals surface area contributed by atoms with Gasteiger partial charge in [-0.3, -0.25) is 4.79 Å². The lowest BCUT2D eigenvalue weighted by Crippen LogP contribution is -2.01.